The van der Waals surface area contributed by atoms with E-state index in [1.165, 1.54) is 0 Å². The number of nitrogens with zero attached hydrogens (tertiary/aromatic N) is 2. The van der Waals surface area contributed by atoms with E-state index >= 15 is 0 Å². The smallest absolute Gasteiger partial charge is 0.276 e. The van der Waals surface area contributed by atoms with Crippen LogP contribution in [-0.2, 0) is 13.0 Å². The molecular formula is C14H21N3O3. The molecule has 110 valence electrons. The molecule has 0 aromatic heterocycles. The first-order valence-electron chi connectivity index (χ1n) is 6.87. The Balaban J connectivity index is 2.52. The Kier molecular flexibility index (Phi) is 4.25. The van der Waals surface area contributed by atoms with Crippen LogP contribution in [0.1, 0.15) is 31.4 Å². The van der Waals surface area contributed by atoms with Crippen molar-refractivity contribution in [2.45, 2.75) is 39.3 Å². The molecule has 0 aliphatic carbocycles. The Morgan fingerprint density at radius 3 is 2.75 bits per heavy atom. The average molecular weight is 279 g/mol. The summed E-state index contributed by atoms with van der Waals surface area (Å²) in [5.74, 6) is 0.434. The van der Waals surface area contributed by atoms with Crippen LogP contribution < -0.4 is 10.6 Å². The number of benzene rings is 1. The largest absolute Gasteiger partial charge is 0.391 e. The number of nitro benzene ring substituents is 1. The Morgan fingerprint density at radius 1 is 1.55 bits per heavy atom. The molecule has 1 aromatic carbocycles. The van der Waals surface area contributed by atoms with Crippen LogP contribution >= 0.6 is 0 Å². The fourth-order valence-electron chi connectivity index (χ4n) is 3.00. The lowest BCUT2D eigenvalue weighted by Crippen LogP contribution is -2.45. The first-order valence-corrected chi connectivity index (χ1v) is 6.87. The highest BCUT2D eigenvalue weighted by Gasteiger charge is 2.30. The summed E-state index contributed by atoms with van der Waals surface area (Å²) in [7, 11) is 0. The minimum atomic E-state index is -0.445. The van der Waals surface area contributed by atoms with Crippen LogP contribution in [0.3, 0.4) is 0 Å². The van der Waals surface area contributed by atoms with E-state index < -0.39 is 4.92 Å². The van der Waals surface area contributed by atoms with Crippen molar-refractivity contribution in [2.24, 2.45) is 11.7 Å². The molecule has 0 saturated heterocycles. The number of aliphatic hydroxyl groups is 1. The molecule has 0 spiro atoms. The fraction of sp³-hybridized carbons (Fsp3) is 0.571. The van der Waals surface area contributed by atoms with Crippen LogP contribution in [0.2, 0.25) is 0 Å². The molecule has 1 unspecified atom stereocenters. The van der Waals surface area contributed by atoms with Crippen molar-refractivity contribution in [2.75, 3.05) is 11.6 Å². The van der Waals surface area contributed by atoms with E-state index in [0.29, 0.717) is 24.2 Å². The van der Waals surface area contributed by atoms with Gasteiger partial charge in [0.15, 0.2) is 0 Å². The number of nitrogens with two attached hydrogens (primary N) is 1. The molecule has 1 aliphatic heterocycles. The molecule has 0 amide bonds. The summed E-state index contributed by atoms with van der Waals surface area (Å²) in [6.45, 7) is 4.29. The van der Waals surface area contributed by atoms with E-state index in [9.17, 15) is 15.2 Å². The standard InChI is InChI=1S/C14H21N3O3/c1-9(2)12-4-3-10-5-11(7-18)14(17(19)20)6-13(10)16(12)8-15/h5-6,9,12,18H,3-4,7-8,15H2,1-2H3. The van der Waals surface area contributed by atoms with E-state index in [2.05, 4.69) is 13.8 Å². The summed E-state index contributed by atoms with van der Waals surface area (Å²) in [5.41, 5.74) is 8.05. The molecule has 1 heterocycles. The van der Waals surface area contributed by atoms with Crippen molar-refractivity contribution < 1.29 is 10.0 Å². The van der Waals surface area contributed by atoms with Gasteiger partial charge in [-0.3, -0.25) is 10.1 Å². The number of anilines is 1. The van der Waals surface area contributed by atoms with Gasteiger partial charge in [-0.15, -0.1) is 0 Å². The third-order valence-corrected chi connectivity index (χ3v) is 4.03. The second-order valence-corrected chi connectivity index (χ2v) is 5.53. The summed E-state index contributed by atoms with van der Waals surface area (Å²) >= 11 is 0. The Morgan fingerprint density at radius 2 is 2.25 bits per heavy atom. The Labute approximate surface area is 118 Å². The van der Waals surface area contributed by atoms with Crippen molar-refractivity contribution in [3.63, 3.8) is 0 Å². The number of nitro groups is 1. The molecule has 0 bridgehead atoms. The maximum Gasteiger partial charge on any atom is 0.276 e. The molecule has 1 aliphatic rings. The fourth-order valence-corrected chi connectivity index (χ4v) is 3.00. The Hall–Kier alpha value is -1.66. The van der Waals surface area contributed by atoms with E-state index in [1.807, 2.05) is 4.90 Å². The molecule has 3 N–H and O–H groups in total. The van der Waals surface area contributed by atoms with Gasteiger partial charge in [0.1, 0.15) is 0 Å². The van der Waals surface area contributed by atoms with Crippen LogP contribution in [0, 0.1) is 16.0 Å². The number of fused-ring (bicyclic) bond motifs is 1. The van der Waals surface area contributed by atoms with Crippen molar-refractivity contribution >= 4 is 11.4 Å². The van der Waals surface area contributed by atoms with E-state index in [-0.39, 0.29) is 12.3 Å². The third-order valence-electron chi connectivity index (χ3n) is 4.03. The lowest BCUT2D eigenvalue weighted by atomic mass is 9.88. The second-order valence-electron chi connectivity index (χ2n) is 5.53. The molecule has 6 heteroatoms. The molecule has 1 aromatic rings. The summed E-state index contributed by atoms with van der Waals surface area (Å²) in [5, 5.41) is 20.4. The topological polar surface area (TPSA) is 92.6 Å². The van der Waals surface area contributed by atoms with Crippen LogP contribution in [-0.4, -0.2) is 22.7 Å². The molecule has 1 atom stereocenters. The van der Waals surface area contributed by atoms with Crippen molar-refractivity contribution in [3.8, 4) is 0 Å². The van der Waals surface area contributed by atoms with Gasteiger partial charge in [-0.2, -0.15) is 0 Å². The molecule has 20 heavy (non-hydrogen) atoms. The molecular weight excluding hydrogens is 258 g/mol. The van der Waals surface area contributed by atoms with Gasteiger partial charge < -0.3 is 15.7 Å². The van der Waals surface area contributed by atoms with Gasteiger partial charge >= 0.3 is 0 Å². The summed E-state index contributed by atoms with van der Waals surface area (Å²) in [6, 6.07) is 3.60. The van der Waals surface area contributed by atoms with Crippen molar-refractivity contribution in [3.05, 3.63) is 33.4 Å². The van der Waals surface area contributed by atoms with Gasteiger partial charge in [0.2, 0.25) is 0 Å². The lowest BCUT2D eigenvalue weighted by Gasteiger charge is -2.40. The molecule has 0 fully saturated rings. The summed E-state index contributed by atoms with van der Waals surface area (Å²) in [6.07, 6.45) is 1.84. The molecule has 0 radical (unpaired) electrons. The van der Waals surface area contributed by atoms with Crippen LogP contribution in [0.15, 0.2) is 12.1 Å². The second kappa shape index (κ2) is 5.76. The van der Waals surface area contributed by atoms with Gasteiger partial charge in [-0.1, -0.05) is 13.8 Å². The molecule has 2 rings (SSSR count). The first kappa shape index (κ1) is 14.7. The SMILES string of the molecule is CC(C)C1CCc2cc(CO)c([N+](=O)[O-])cc2N1CN. The highest BCUT2D eigenvalue weighted by atomic mass is 16.6. The van der Waals surface area contributed by atoms with Gasteiger partial charge in [0.25, 0.3) is 5.69 Å². The number of aryl methyl sites for hydroxylation is 1. The van der Waals surface area contributed by atoms with Crippen molar-refractivity contribution in [1.29, 1.82) is 0 Å². The predicted molar refractivity (Wildman–Crippen MR) is 77.5 cm³/mol. The number of aliphatic hydroxyl groups excluding tert-OH is 1. The van der Waals surface area contributed by atoms with Crippen LogP contribution in [0.4, 0.5) is 11.4 Å². The molecule has 6 nitrogen and oxygen atoms in total. The zero-order chi connectivity index (χ0) is 14.9. The van der Waals surface area contributed by atoms with E-state index in [0.717, 1.165) is 24.1 Å². The van der Waals surface area contributed by atoms with E-state index in [1.54, 1.807) is 12.1 Å². The minimum Gasteiger partial charge on any atom is -0.391 e. The third kappa shape index (κ3) is 2.48. The molecule has 0 saturated carbocycles. The highest BCUT2D eigenvalue weighted by molar-refractivity contribution is 5.64. The highest BCUT2D eigenvalue weighted by Crippen LogP contribution is 2.37. The number of rotatable bonds is 4. The van der Waals surface area contributed by atoms with Gasteiger partial charge in [0.05, 0.1) is 23.8 Å². The van der Waals surface area contributed by atoms with Gasteiger partial charge in [0, 0.05) is 17.8 Å². The Bertz CT molecular complexity index is 517. The minimum absolute atomic E-state index is 0.0332. The van der Waals surface area contributed by atoms with Crippen LogP contribution in [0.25, 0.3) is 0 Å². The van der Waals surface area contributed by atoms with Gasteiger partial charge in [-0.05, 0) is 30.4 Å². The summed E-state index contributed by atoms with van der Waals surface area (Å²) in [4.78, 5) is 12.7. The van der Waals surface area contributed by atoms with Gasteiger partial charge in [-0.25, -0.2) is 0 Å². The monoisotopic (exact) mass is 279 g/mol. The maximum absolute atomic E-state index is 11.1. The predicted octanol–water partition coefficient (Wildman–Crippen LogP) is 1.78. The first-order chi connectivity index (χ1) is 9.49. The van der Waals surface area contributed by atoms with E-state index in [4.69, 9.17) is 5.73 Å². The zero-order valence-corrected chi connectivity index (χ0v) is 11.9. The van der Waals surface area contributed by atoms with Crippen molar-refractivity contribution in [1.82, 2.24) is 0 Å². The number of hydrogen-bond donors (Lipinski definition) is 2. The normalized spacial score (nSPS) is 18.2. The zero-order valence-electron chi connectivity index (χ0n) is 11.9. The average Bonchev–Trinajstić information content (AvgIpc) is 2.43. The quantitative estimate of drug-likeness (QED) is 0.647. The lowest BCUT2D eigenvalue weighted by molar-refractivity contribution is -0.385. The maximum atomic E-state index is 11.1. The number of hydrogen-bond acceptors (Lipinski definition) is 5. The summed E-state index contributed by atoms with van der Waals surface area (Å²) < 4.78 is 0. The van der Waals surface area contributed by atoms with Crippen LogP contribution in [0.5, 0.6) is 0 Å².